The van der Waals surface area contributed by atoms with E-state index in [1.165, 1.54) is 0 Å². The summed E-state index contributed by atoms with van der Waals surface area (Å²) in [5.41, 5.74) is 6.63. The van der Waals surface area contributed by atoms with Gasteiger partial charge in [-0.25, -0.2) is 5.43 Å². The molecular weight excluding hydrogens is 470 g/mol. The van der Waals surface area contributed by atoms with Crippen LogP contribution >= 0.6 is 0 Å². The third-order valence-corrected chi connectivity index (χ3v) is 6.60. The molecule has 4 aromatic rings. The number of benzene rings is 3. The van der Waals surface area contributed by atoms with Crippen molar-refractivity contribution >= 4 is 39.5 Å². The SMILES string of the molecule is CC1CC(=O)NN=C1c1ccc2oc(NCCCNC(O)C(O)Cc3cccc4ccccc34)nc2c1. The minimum Gasteiger partial charge on any atom is -0.424 e. The Bertz CT molecular complexity index is 1430. The number of aliphatic hydroxyl groups is 2. The molecule has 0 bridgehead atoms. The van der Waals surface area contributed by atoms with Crippen LogP contribution in [0.4, 0.5) is 6.01 Å². The molecule has 1 aliphatic heterocycles. The van der Waals surface area contributed by atoms with Crippen molar-refractivity contribution in [3.63, 3.8) is 0 Å². The van der Waals surface area contributed by atoms with Gasteiger partial charge in [0.1, 0.15) is 11.7 Å². The molecule has 0 aliphatic carbocycles. The highest BCUT2D eigenvalue weighted by Crippen LogP contribution is 2.24. The highest BCUT2D eigenvalue weighted by Gasteiger charge is 2.22. The Hall–Kier alpha value is -3.79. The highest BCUT2D eigenvalue weighted by atomic mass is 16.4. The van der Waals surface area contributed by atoms with Crippen molar-refractivity contribution in [2.45, 2.75) is 38.5 Å². The Morgan fingerprint density at radius 2 is 1.95 bits per heavy atom. The van der Waals surface area contributed by atoms with Gasteiger partial charge in [-0.1, -0.05) is 49.4 Å². The maximum Gasteiger partial charge on any atom is 0.295 e. The van der Waals surface area contributed by atoms with E-state index >= 15 is 0 Å². The molecule has 1 aromatic heterocycles. The first-order valence-electron chi connectivity index (χ1n) is 12.6. The lowest BCUT2D eigenvalue weighted by Crippen LogP contribution is -2.41. The number of carbonyl (C=O) groups is 1. The number of amides is 1. The predicted octanol–water partition coefficient (Wildman–Crippen LogP) is 3.15. The number of hydrazone groups is 1. The number of aliphatic hydroxyl groups excluding tert-OH is 2. The molecular formula is C28H31N5O4. The third kappa shape index (κ3) is 5.80. The summed E-state index contributed by atoms with van der Waals surface area (Å²) >= 11 is 0. The van der Waals surface area contributed by atoms with Crippen molar-refractivity contribution in [1.29, 1.82) is 0 Å². The second-order valence-corrected chi connectivity index (χ2v) is 9.43. The van der Waals surface area contributed by atoms with E-state index in [1.807, 2.05) is 67.6 Å². The second kappa shape index (κ2) is 11.1. The molecule has 0 radical (unpaired) electrons. The third-order valence-electron chi connectivity index (χ3n) is 6.60. The minimum atomic E-state index is -1.03. The number of rotatable bonds is 10. The van der Waals surface area contributed by atoms with E-state index in [9.17, 15) is 15.0 Å². The van der Waals surface area contributed by atoms with E-state index in [1.54, 1.807) is 0 Å². The molecule has 0 spiro atoms. The number of hydrogen-bond acceptors (Lipinski definition) is 8. The molecule has 3 unspecified atom stereocenters. The number of anilines is 1. The van der Waals surface area contributed by atoms with Crippen molar-refractivity contribution in [3.8, 4) is 0 Å². The summed E-state index contributed by atoms with van der Waals surface area (Å²) in [5, 5.41) is 33.4. The van der Waals surface area contributed by atoms with Crippen LogP contribution in [0.15, 0.2) is 70.2 Å². The molecule has 9 nitrogen and oxygen atoms in total. The van der Waals surface area contributed by atoms with Crippen LogP contribution in [0.25, 0.3) is 21.9 Å². The molecule has 1 aliphatic rings. The van der Waals surface area contributed by atoms with Crippen LogP contribution < -0.4 is 16.1 Å². The fourth-order valence-electron chi connectivity index (χ4n) is 4.64. The van der Waals surface area contributed by atoms with Gasteiger partial charge in [0.05, 0.1) is 11.8 Å². The highest BCUT2D eigenvalue weighted by molar-refractivity contribution is 6.07. The Morgan fingerprint density at radius 3 is 2.81 bits per heavy atom. The topological polar surface area (TPSA) is 132 Å². The number of fused-ring (bicyclic) bond motifs is 2. The fraction of sp³-hybridized carbons (Fsp3) is 0.321. The molecule has 0 fully saturated rings. The lowest BCUT2D eigenvalue weighted by molar-refractivity contribution is -0.121. The van der Waals surface area contributed by atoms with E-state index in [4.69, 9.17) is 4.42 Å². The normalized spacial score (nSPS) is 17.4. The quantitative estimate of drug-likeness (QED) is 0.167. The van der Waals surface area contributed by atoms with Gasteiger partial charge in [-0.05, 0) is 47.5 Å². The number of nitrogens with zero attached hydrogens (tertiary/aromatic N) is 2. The summed E-state index contributed by atoms with van der Waals surface area (Å²) in [5.74, 6) is -0.0457. The first kappa shape index (κ1) is 24.9. The summed E-state index contributed by atoms with van der Waals surface area (Å²) in [6, 6.07) is 20.1. The van der Waals surface area contributed by atoms with Gasteiger partial charge in [-0.15, -0.1) is 0 Å². The van der Waals surface area contributed by atoms with E-state index in [-0.39, 0.29) is 11.8 Å². The molecule has 5 N–H and O–H groups in total. The molecule has 9 heteroatoms. The van der Waals surface area contributed by atoms with Crippen molar-refractivity contribution in [2.24, 2.45) is 11.0 Å². The summed E-state index contributed by atoms with van der Waals surface area (Å²) in [4.78, 5) is 16.0. The van der Waals surface area contributed by atoms with Crippen molar-refractivity contribution in [1.82, 2.24) is 15.7 Å². The largest absolute Gasteiger partial charge is 0.424 e. The van der Waals surface area contributed by atoms with Crippen LogP contribution in [0.1, 0.15) is 30.9 Å². The summed E-state index contributed by atoms with van der Waals surface area (Å²) < 4.78 is 5.78. The van der Waals surface area contributed by atoms with Gasteiger partial charge in [-0.3, -0.25) is 10.1 Å². The van der Waals surface area contributed by atoms with Crippen LogP contribution in [0, 0.1) is 5.92 Å². The minimum absolute atomic E-state index is 0.0316. The van der Waals surface area contributed by atoms with Gasteiger partial charge < -0.3 is 19.9 Å². The van der Waals surface area contributed by atoms with Gasteiger partial charge >= 0.3 is 0 Å². The first-order valence-corrected chi connectivity index (χ1v) is 12.6. The number of hydrogen-bond donors (Lipinski definition) is 5. The van der Waals surface area contributed by atoms with Crippen LogP contribution in [0.5, 0.6) is 0 Å². The number of aromatic nitrogens is 1. The van der Waals surface area contributed by atoms with Crippen LogP contribution in [0.3, 0.4) is 0 Å². The zero-order valence-electron chi connectivity index (χ0n) is 20.6. The molecule has 1 amide bonds. The van der Waals surface area contributed by atoms with Crippen LogP contribution in [-0.2, 0) is 11.2 Å². The predicted molar refractivity (Wildman–Crippen MR) is 143 cm³/mol. The van der Waals surface area contributed by atoms with Crippen LogP contribution in [0.2, 0.25) is 0 Å². The zero-order valence-corrected chi connectivity index (χ0v) is 20.6. The zero-order chi connectivity index (χ0) is 25.8. The van der Waals surface area contributed by atoms with E-state index in [0.29, 0.717) is 49.5 Å². The molecule has 5 rings (SSSR count). The standard InChI is InChI=1S/C28H31N5O4/c1-17-14-25(35)32-33-26(17)20-10-11-24-22(15-20)31-28(37-24)30-13-5-12-29-27(36)23(34)16-19-8-4-7-18-6-2-3-9-21(18)19/h2-4,6-11,15,17,23,27,29,34,36H,5,12-14,16H2,1H3,(H,30,31)(H,32,35). The number of nitrogens with one attached hydrogen (secondary N) is 3. The maximum atomic E-state index is 11.5. The molecule has 3 atom stereocenters. The average molecular weight is 502 g/mol. The number of carbonyl (C=O) groups excluding carboxylic acids is 1. The molecule has 0 saturated heterocycles. The molecule has 192 valence electrons. The van der Waals surface area contributed by atoms with Crippen LogP contribution in [-0.4, -0.2) is 52.2 Å². The lowest BCUT2D eigenvalue weighted by Gasteiger charge is -2.20. The smallest absolute Gasteiger partial charge is 0.295 e. The van der Waals surface area contributed by atoms with Crippen molar-refractivity contribution in [3.05, 3.63) is 71.8 Å². The maximum absolute atomic E-state index is 11.5. The van der Waals surface area contributed by atoms with Gasteiger partial charge in [0.2, 0.25) is 5.91 Å². The van der Waals surface area contributed by atoms with Gasteiger partial charge in [-0.2, -0.15) is 10.1 Å². The Morgan fingerprint density at radius 1 is 1.11 bits per heavy atom. The second-order valence-electron chi connectivity index (χ2n) is 9.43. The summed E-state index contributed by atoms with van der Waals surface area (Å²) in [7, 11) is 0. The Labute approximate surface area is 214 Å². The van der Waals surface area contributed by atoms with Crippen molar-refractivity contribution in [2.75, 3.05) is 18.4 Å². The molecule has 0 saturated carbocycles. The fourth-order valence-corrected chi connectivity index (χ4v) is 4.64. The van der Waals surface area contributed by atoms with Gasteiger partial charge in [0.15, 0.2) is 5.58 Å². The Balaban J connectivity index is 1.09. The summed E-state index contributed by atoms with van der Waals surface area (Å²) in [6.07, 6.45) is -0.496. The van der Waals surface area contributed by atoms with Gasteiger partial charge in [0.25, 0.3) is 6.01 Å². The first-order chi connectivity index (χ1) is 18.0. The molecule has 3 aromatic carbocycles. The van der Waals surface area contributed by atoms with E-state index in [0.717, 1.165) is 27.6 Å². The molecule has 37 heavy (non-hydrogen) atoms. The van der Waals surface area contributed by atoms with E-state index in [2.05, 4.69) is 26.1 Å². The van der Waals surface area contributed by atoms with Crippen molar-refractivity contribution < 1.29 is 19.4 Å². The Kier molecular flexibility index (Phi) is 7.45. The van der Waals surface area contributed by atoms with E-state index < -0.39 is 12.3 Å². The average Bonchev–Trinajstić information content (AvgIpc) is 3.30. The number of oxazole rings is 1. The monoisotopic (exact) mass is 501 g/mol. The molecule has 2 heterocycles. The lowest BCUT2D eigenvalue weighted by atomic mass is 9.94. The van der Waals surface area contributed by atoms with Gasteiger partial charge in [0, 0.05) is 30.9 Å². The summed E-state index contributed by atoms with van der Waals surface area (Å²) in [6.45, 7) is 3.06.